The van der Waals surface area contributed by atoms with Crippen molar-refractivity contribution in [3.05, 3.63) is 0 Å². The Bertz CT molecular complexity index is 286. The van der Waals surface area contributed by atoms with E-state index in [0.29, 0.717) is 11.5 Å². The highest BCUT2D eigenvalue weighted by molar-refractivity contribution is 8.13. The summed E-state index contributed by atoms with van der Waals surface area (Å²) < 4.78 is 0. The molecular formula is C13H25N3S. The molecule has 0 aromatic rings. The molecule has 2 heterocycles. The van der Waals surface area contributed by atoms with E-state index in [-0.39, 0.29) is 0 Å². The minimum atomic E-state index is 0.461. The summed E-state index contributed by atoms with van der Waals surface area (Å²) in [5.74, 6) is 1.23. The molecule has 0 aromatic heterocycles. The van der Waals surface area contributed by atoms with Crippen molar-refractivity contribution in [3.63, 3.8) is 0 Å². The highest BCUT2D eigenvalue weighted by atomic mass is 32.2. The molecule has 1 fully saturated rings. The van der Waals surface area contributed by atoms with E-state index in [2.05, 4.69) is 31.1 Å². The van der Waals surface area contributed by atoms with Crippen molar-refractivity contribution in [3.8, 4) is 0 Å². The van der Waals surface area contributed by atoms with Crippen molar-refractivity contribution < 1.29 is 0 Å². The summed E-state index contributed by atoms with van der Waals surface area (Å²) in [6, 6.07) is 0.613. The van der Waals surface area contributed by atoms with Gasteiger partial charge in [-0.05, 0) is 38.3 Å². The number of likely N-dealkylation sites (N-methyl/N-ethyl adjacent to an activating group) is 1. The van der Waals surface area contributed by atoms with Crippen molar-refractivity contribution in [1.29, 1.82) is 0 Å². The van der Waals surface area contributed by atoms with Crippen LogP contribution in [-0.4, -0.2) is 48.5 Å². The maximum absolute atomic E-state index is 4.76. The van der Waals surface area contributed by atoms with Crippen LogP contribution in [-0.2, 0) is 0 Å². The normalized spacial score (nSPS) is 29.1. The Morgan fingerprint density at radius 2 is 2.24 bits per heavy atom. The van der Waals surface area contributed by atoms with Crippen molar-refractivity contribution >= 4 is 16.9 Å². The van der Waals surface area contributed by atoms with E-state index < -0.39 is 0 Å². The lowest BCUT2D eigenvalue weighted by Gasteiger charge is -2.34. The zero-order chi connectivity index (χ0) is 12.3. The zero-order valence-electron chi connectivity index (χ0n) is 11.3. The van der Waals surface area contributed by atoms with E-state index in [1.807, 2.05) is 11.8 Å². The molecule has 0 radical (unpaired) electrons. The molecule has 0 aliphatic carbocycles. The first-order valence-electron chi connectivity index (χ1n) is 6.80. The molecule has 0 aromatic carbocycles. The molecule has 4 heteroatoms. The first-order valence-corrected chi connectivity index (χ1v) is 7.78. The van der Waals surface area contributed by atoms with Gasteiger partial charge in [0.15, 0.2) is 5.17 Å². The van der Waals surface area contributed by atoms with Crippen molar-refractivity contribution in [1.82, 2.24) is 10.2 Å². The van der Waals surface area contributed by atoms with E-state index in [1.165, 1.54) is 36.7 Å². The number of thioether (sulfide) groups is 1. The third-order valence-electron chi connectivity index (χ3n) is 4.29. The number of rotatable bonds is 3. The Balaban J connectivity index is 1.86. The van der Waals surface area contributed by atoms with Crippen LogP contribution in [0.1, 0.15) is 33.1 Å². The van der Waals surface area contributed by atoms with Gasteiger partial charge in [0, 0.05) is 24.9 Å². The van der Waals surface area contributed by atoms with Gasteiger partial charge in [0.05, 0.1) is 0 Å². The monoisotopic (exact) mass is 255 g/mol. The van der Waals surface area contributed by atoms with Crippen molar-refractivity contribution in [2.75, 3.05) is 32.4 Å². The topological polar surface area (TPSA) is 27.6 Å². The summed E-state index contributed by atoms with van der Waals surface area (Å²) >= 11 is 1.93. The fourth-order valence-electron chi connectivity index (χ4n) is 2.54. The molecule has 0 spiro atoms. The summed E-state index contributed by atoms with van der Waals surface area (Å²) in [6.07, 6.45) is 3.75. The van der Waals surface area contributed by atoms with E-state index in [4.69, 9.17) is 4.99 Å². The molecule has 1 atom stereocenters. The Morgan fingerprint density at radius 3 is 2.71 bits per heavy atom. The largest absolute Gasteiger partial charge is 0.361 e. The number of amidine groups is 1. The SMILES string of the molecule is CCC1(CC)CN=C(NC2CCN(C)C2)SC1. The first kappa shape index (κ1) is 13.2. The van der Waals surface area contributed by atoms with Gasteiger partial charge in [-0.25, -0.2) is 0 Å². The minimum absolute atomic E-state index is 0.461. The predicted octanol–water partition coefficient (Wildman–Crippen LogP) is 2.19. The van der Waals surface area contributed by atoms with Crippen LogP contribution >= 0.6 is 11.8 Å². The minimum Gasteiger partial charge on any atom is -0.361 e. The maximum atomic E-state index is 4.76. The quantitative estimate of drug-likeness (QED) is 0.838. The number of likely N-dealkylation sites (tertiary alicyclic amines) is 1. The molecule has 1 unspecified atom stereocenters. The molecule has 2 rings (SSSR count). The summed E-state index contributed by atoms with van der Waals surface area (Å²) in [4.78, 5) is 7.15. The fraction of sp³-hybridized carbons (Fsp3) is 0.923. The van der Waals surface area contributed by atoms with E-state index in [1.54, 1.807) is 0 Å². The molecule has 3 nitrogen and oxygen atoms in total. The zero-order valence-corrected chi connectivity index (χ0v) is 12.1. The lowest BCUT2D eigenvalue weighted by molar-refractivity contribution is 0.318. The molecular weight excluding hydrogens is 230 g/mol. The predicted molar refractivity (Wildman–Crippen MR) is 76.8 cm³/mol. The third-order valence-corrected chi connectivity index (χ3v) is 5.57. The third kappa shape index (κ3) is 3.16. The van der Waals surface area contributed by atoms with Crippen LogP contribution in [0.4, 0.5) is 0 Å². The second kappa shape index (κ2) is 5.61. The summed E-state index contributed by atoms with van der Waals surface area (Å²) in [5, 5.41) is 4.79. The van der Waals surface area contributed by atoms with Crippen LogP contribution in [0.2, 0.25) is 0 Å². The molecule has 1 saturated heterocycles. The Hall–Kier alpha value is -0.220. The van der Waals surface area contributed by atoms with Gasteiger partial charge in [-0.2, -0.15) is 0 Å². The highest BCUT2D eigenvalue weighted by Gasteiger charge is 2.31. The highest BCUT2D eigenvalue weighted by Crippen LogP contribution is 2.34. The molecule has 0 saturated carbocycles. The van der Waals surface area contributed by atoms with Gasteiger partial charge in [0.2, 0.25) is 0 Å². The van der Waals surface area contributed by atoms with Crippen molar-refractivity contribution in [2.45, 2.75) is 39.2 Å². The fourth-order valence-corrected chi connectivity index (χ4v) is 3.89. The van der Waals surface area contributed by atoms with Crippen LogP contribution < -0.4 is 5.32 Å². The van der Waals surface area contributed by atoms with Gasteiger partial charge in [-0.1, -0.05) is 25.6 Å². The summed E-state index contributed by atoms with van der Waals surface area (Å²) in [6.45, 7) is 7.97. The van der Waals surface area contributed by atoms with Crippen LogP contribution in [0.5, 0.6) is 0 Å². The summed E-state index contributed by atoms with van der Waals surface area (Å²) in [5.41, 5.74) is 0.461. The molecule has 98 valence electrons. The van der Waals surface area contributed by atoms with Gasteiger partial charge >= 0.3 is 0 Å². The van der Waals surface area contributed by atoms with Gasteiger partial charge < -0.3 is 10.2 Å². The van der Waals surface area contributed by atoms with E-state index in [9.17, 15) is 0 Å². The second-order valence-electron chi connectivity index (χ2n) is 5.51. The van der Waals surface area contributed by atoms with Crippen LogP contribution in [0.3, 0.4) is 0 Å². The van der Waals surface area contributed by atoms with Gasteiger partial charge in [-0.15, -0.1) is 0 Å². The Morgan fingerprint density at radius 1 is 1.47 bits per heavy atom. The van der Waals surface area contributed by atoms with Crippen molar-refractivity contribution in [2.24, 2.45) is 10.4 Å². The number of nitrogens with one attached hydrogen (secondary N) is 1. The van der Waals surface area contributed by atoms with E-state index in [0.717, 1.165) is 13.1 Å². The second-order valence-corrected chi connectivity index (χ2v) is 6.47. The molecule has 1 N–H and O–H groups in total. The molecule has 0 amide bonds. The van der Waals surface area contributed by atoms with Gasteiger partial charge in [-0.3, -0.25) is 4.99 Å². The van der Waals surface area contributed by atoms with Crippen LogP contribution in [0.15, 0.2) is 4.99 Å². The number of hydrogen-bond acceptors (Lipinski definition) is 4. The van der Waals surface area contributed by atoms with Crippen LogP contribution in [0, 0.1) is 5.41 Å². The number of aliphatic imine (C=N–C) groups is 1. The molecule has 17 heavy (non-hydrogen) atoms. The lowest BCUT2D eigenvalue weighted by atomic mass is 9.84. The smallest absolute Gasteiger partial charge is 0.156 e. The van der Waals surface area contributed by atoms with Gasteiger partial charge in [0.25, 0.3) is 0 Å². The lowest BCUT2D eigenvalue weighted by Crippen LogP contribution is -2.40. The first-order chi connectivity index (χ1) is 8.17. The number of hydrogen-bond donors (Lipinski definition) is 1. The van der Waals surface area contributed by atoms with Crippen LogP contribution in [0.25, 0.3) is 0 Å². The van der Waals surface area contributed by atoms with E-state index >= 15 is 0 Å². The number of nitrogens with zero attached hydrogens (tertiary/aromatic N) is 2. The molecule has 2 aliphatic heterocycles. The molecule has 0 bridgehead atoms. The average Bonchev–Trinajstić information content (AvgIpc) is 2.76. The molecule has 2 aliphatic rings. The Kier molecular flexibility index (Phi) is 4.36. The standard InChI is InChI=1S/C13H25N3S/c1-4-13(5-2)9-14-12(17-10-13)15-11-6-7-16(3)8-11/h11H,4-10H2,1-3H3,(H,14,15). The maximum Gasteiger partial charge on any atom is 0.156 e. The Labute approximate surface area is 109 Å². The van der Waals surface area contributed by atoms with Gasteiger partial charge in [0.1, 0.15) is 0 Å². The summed E-state index contributed by atoms with van der Waals surface area (Å²) in [7, 11) is 2.19. The average molecular weight is 255 g/mol.